The maximum absolute atomic E-state index is 14.2. The highest BCUT2D eigenvalue weighted by Crippen LogP contribution is 2.71. The van der Waals surface area contributed by atoms with Crippen LogP contribution in [0.2, 0.25) is 0 Å². The summed E-state index contributed by atoms with van der Waals surface area (Å²) in [4.78, 5) is 0.297. The molecule has 79 heavy (non-hydrogen) atoms. The molecule has 8 aliphatic carbocycles. The van der Waals surface area contributed by atoms with E-state index in [2.05, 4.69) is 68.4 Å². The van der Waals surface area contributed by atoms with Gasteiger partial charge in [-0.1, -0.05) is 125 Å². The van der Waals surface area contributed by atoms with E-state index in [1.807, 2.05) is 32.9 Å². The minimum absolute atomic E-state index is 0.0825. The Balaban J connectivity index is 0.000000227. The third kappa shape index (κ3) is 11.7. The van der Waals surface area contributed by atoms with Crippen LogP contribution >= 0.6 is 0 Å². The first-order valence-corrected chi connectivity index (χ1v) is 31.9. The predicted molar refractivity (Wildman–Crippen MR) is 301 cm³/mol. The maximum Gasteiger partial charge on any atom is 0.417 e. The SMILES string of the molecule is CO.C[C@H](C(CC(O)C(C)(C)C)S(=O)(=O)c1ccccc1)[C@H]1CC[C@H]2[C@@H]3CC=C4C[C@](O)(C(F)(F)F)CC[C@]4(C)[C@H]3CC[C@]12C.C[C@H](CCC(O)C(C)(C)C)[C@H]1CC[C@H]2[C@@H]3CC=C4C[C@](O)(C(F)(F)F)CC[C@]4(C)[C@H]3CC[C@]12C. The molecule has 0 radical (unpaired) electrons. The molecule has 19 atom stereocenters. The monoisotopic (exact) mass is 1140 g/mol. The molecule has 0 aliphatic heterocycles. The van der Waals surface area contributed by atoms with Crippen LogP contribution < -0.4 is 0 Å². The van der Waals surface area contributed by atoms with E-state index in [0.29, 0.717) is 59.2 Å². The predicted octanol–water partition coefficient (Wildman–Crippen LogP) is 15.4. The summed E-state index contributed by atoms with van der Waals surface area (Å²) in [6, 6.07) is 8.60. The molecule has 9 rings (SSSR count). The van der Waals surface area contributed by atoms with Gasteiger partial charge in [0.25, 0.3) is 0 Å². The fourth-order valence-corrected chi connectivity index (χ4v) is 21.0. The molecular weight excluding hydrogens is 1040 g/mol. The minimum atomic E-state index is -4.64. The highest BCUT2D eigenvalue weighted by molar-refractivity contribution is 7.92. The van der Waals surface area contributed by atoms with Gasteiger partial charge in [-0.2, -0.15) is 26.3 Å². The Labute approximate surface area is 471 Å². The normalized spacial score (nSPS) is 40.3. The van der Waals surface area contributed by atoms with Gasteiger partial charge in [0.15, 0.2) is 21.0 Å². The largest absolute Gasteiger partial charge is 0.417 e. The minimum Gasteiger partial charge on any atom is -0.400 e. The van der Waals surface area contributed by atoms with Crippen LogP contribution in [-0.2, 0) is 9.84 Å². The Morgan fingerprint density at radius 3 is 1.41 bits per heavy atom. The number of aliphatic hydroxyl groups is 5. The van der Waals surface area contributed by atoms with Crippen LogP contribution in [0.4, 0.5) is 26.3 Å². The topological polar surface area (TPSA) is 135 Å². The van der Waals surface area contributed by atoms with E-state index in [4.69, 9.17) is 5.11 Å². The smallest absolute Gasteiger partial charge is 0.400 e. The van der Waals surface area contributed by atoms with Crippen molar-refractivity contribution in [3.05, 3.63) is 53.6 Å². The number of aliphatic hydroxyl groups excluding tert-OH is 3. The van der Waals surface area contributed by atoms with Crippen LogP contribution in [0.25, 0.3) is 0 Å². The van der Waals surface area contributed by atoms with Crippen LogP contribution in [-0.4, -0.2) is 82.1 Å². The molecule has 14 heteroatoms. The maximum atomic E-state index is 14.2. The van der Waals surface area contributed by atoms with Crippen molar-refractivity contribution >= 4 is 9.84 Å². The molecule has 0 heterocycles. The summed E-state index contributed by atoms with van der Waals surface area (Å²) in [7, 11) is -2.71. The van der Waals surface area contributed by atoms with Crippen molar-refractivity contribution in [2.24, 2.45) is 91.7 Å². The first kappa shape index (κ1) is 64.6. The van der Waals surface area contributed by atoms with E-state index in [0.717, 1.165) is 82.5 Å². The zero-order valence-electron chi connectivity index (χ0n) is 50.2. The highest BCUT2D eigenvalue weighted by Gasteiger charge is 2.66. The Kier molecular flexibility index (Phi) is 18.4. The van der Waals surface area contributed by atoms with Crippen molar-refractivity contribution < 1.29 is 60.3 Å². The quantitative estimate of drug-likeness (QED) is 0.116. The second kappa shape index (κ2) is 22.5. The second-order valence-corrected chi connectivity index (χ2v) is 32.4. The summed E-state index contributed by atoms with van der Waals surface area (Å²) in [5.41, 5.74) is -4.44. The van der Waals surface area contributed by atoms with Crippen LogP contribution in [0.3, 0.4) is 0 Å². The molecule has 5 N–H and O–H groups in total. The summed E-state index contributed by atoms with van der Waals surface area (Å²) in [5.74, 6) is 3.80. The number of benzene rings is 1. The molecule has 1 aromatic rings. The fraction of sp³-hybridized carbons (Fsp3) is 0.846. The third-order valence-electron chi connectivity index (χ3n) is 24.3. The molecule has 0 bridgehead atoms. The third-order valence-corrected chi connectivity index (χ3v) is 26.6. The second-order valence-electron chi connectivity index (χ2n) is 30.2. The lowest BCUT2D eigenvalue weighted by Crippen LogP contribution is -2.56. The van der Waals surface area contributed by atoms with E-state index in [-0.39, 0.29) is 83.0 Å². The van der Waals surface area contributed by atoms with Crippen LogP contribution in [0, 0.1) is 91.7 Å². The lowest BCUT2D eigenvalue weighted by Gasteiger charge is -2.59. The fourth-order valence-electron chi connectivity index (χ4n) is 19.0. The number of halogens is 6. The van der Waals surface area contributed by atoms with E-state index in [9.17, 15) is 55.2 Å². The number of fused-ring (bicyclic) bond motifs is 10. The van der Waals surface area contributed by atoms with Crippen molar-refractivity contribution in [2.75, 3.05) is 7.11 Å². The van der Waals surface area contributed by atoms with Gasteiger partial charge in [-0.15, -0.1) is 0 Å². The summed E-state index contributed by atoms with van der Waals surface area (Å²) in [6.45, 7) is 25.7. The standard InChI is InChI=1S/C35H51F3O4S.C29H47F3O2.CH4O/c1-22(29(20-30(39)31(2,3)4)43(41,42)24-10-8-7-9-11-24)26-14-15-27-25-13-12-23-21-34(40,35(36,37)38)19-18-32(23,5)28(25)16-17-33(26,27)6;1-18(7-12-24(33)25(2,3)4)21-10-11-22-20-9-8-19-17-28(34,29(30,31)32)16-15-26(19,5)23(20)13-14-27(21,22)6;1-2/h7-12,22,25-30,39-40H,13-21H2,1-6H3;8,18,20-24,33-34H,7,9-17H2,1-6H3;2H,1H3/t22-,25-,26+,27-,28-,29?,30?,32-,33+,34-;18-,20+,21-,22+,23+,24?,26+,27-,28+;/m01./s1. The zero-order valence-corrected chi connectivity index (χ0v) is 51.0. The van der Waals surface area contributed by atoms with Gasteiger partial charge in [0.05, 0.1) is 22.4 Å². The first-order chi connectivity index (χ1) is 36.3. The highest BCUT2D eigenvalue weighted by atomic mass is 32.2. The van der Waals surface area contributed by atoms with E-state index in [1.165, 1.54) is 12.8 Å². The number of rotatable bonds is 10. The van der Waals surface area contributed by atoms with E-state index >= 15 is 0 Å². The first-order valence-electron chi connectivity index (χ1n) is 30.4. The van der Waals surface area contributed by atoms with E-state index in [1.54, 1.807) is 24.3 Å². The number of hydrogen-bond donors (Lipinski definition) is 5. The van der Waals surface area contributed by atoms with Crippen LogP contribution in [0.5, 0.6) is 0 Å². The van der Waals surface area contributed by atoms with E-state index < -0.39 is 50.2 Å². The lowest BCUT2D eigenvalue weighted by molar-refractivity contribution is -0.271. The number of sulfone groups is 1. The number of allylic oxidation sites excluding steroid dienone is 2. The molecule has 7 nitrogen and oxygen atoms in total. The number of hydrogen-bond acceptors (Lipinski definition) is 7. The van der Waals surface area contributed by atoms with Gasteiger partial charge in [0.2, 0.25) is 0 Å². The van der Waals surface area contributed by atoms with Gasteiger partial charge >= 0.3 is 12.4 Å². The Hall–Kier alpha value is -1.97. The van der Waals surface area contributed by atoms with Crippen molar-refractivity contribution in [3.8, 4) is 0 Å². The van der Waals surface area contributed by atoms with Crippen molar-refractivity contribution in [1.82, 2.24) is 0 Å². The molecule has 8 aliphatic rings. The summed E-state index contributed by atoms with van der Waals surface area (Å²) in [6.07, 6.45) is 5.71. The molecule has 6 saturated carbocycles. The van der Waals surface area contributed by atoms with Gasteiger partial charge in [-0.3, -0.25) is 0 Å². The Morgan fingerprint density at radius 2 is 0.987 bits per heavy atom. The van der Waals surface area contributed by atoms with Crippen molar-refractivity contribution in [1.29, 1.82) is 0 Å². The van der Waals surface area contributed by atoms with Crippen molar-refractivity contribution in [2.45, 2.75) is 251 Å². The molecule has 3 unspecified atom stereocenters. The molecular formula is C65H102F6O7S. The van der Waals surface area contributed by atoms with Gasteiger partial charge in [0.1, 0.15) is 0 Å². The average molecular weight is 1140 g/mol. The van der Waals surface area contributed by atoms with Gasteiger partial charge in [-0.05, 0) is 213 Å². The lowest BCUT2D eigenvalue weighted by atomic mass is 9.46. The Bertz CT molecular complexity index is 2450. The molecule has 0 spiro atoms. The molecule has 0 aromatic heterocycles. The molecule has 0 amide bonds. The van der Waals surface area contributed by atoms with Crippen LogP contribution in [0.15, 0.2) is 58.5 Å². The number of alkyl halides is 6. The van der Waals surface area contributed by atoms with Gasteiger partial charge in [0, 0.05) is 20.0 Å². The van der Waals surface area contributed by atoms with Crippen LogP contribution in [0.1, 0.15) is 205 Å². The molecule has 1 aromatic carbocycles. The zero-order chi connectivity index (χ0) is 59.1. The summed E-state index contributed by atoms with van der Waals surface area (Å²) < 4.78 is 110. The Morgan fingerprint density at radius 1 is 0.570 bits per heavy atom. The molecule has 452 valence electrons. The van der Waals surface area contributed by atoms with Crippen molar-refractivity contribution in [3.63, 3.8) is 0 Å². The molecule has 6 fully saturated rings. The molecule has 0 saturated heterocycles. The summed E-state index contributed by atoms with van der Waals surface area (Å²) in [5, 5.41) is 48.9. The summed E-state index contributed by atoms with van der Waals surface area (Å²) >= 11 is 0. The van der Waals surface area contributed by atoms with Gasteiger partial charge in [-0.25, -0.2) is 8.42 Å². The van der Waals surface area contributed by atoms with Gasteiger partial charge < -0.3 is 25.5 Å². The average Bonchev–Trinajstić information content (AvgIpc) is 4.11.